The lowest BCUT2D eigenvalue weighted by Gasteiger charge is -2.28. The maximum atomic E-state index is 12.0. The number of halogens is 1. The molecule has 0 spiro atoms. The van der Waals surface area contributed by atoms with E-state index in [1.807, 2.05) is 20.8 Å². The van der Waals surface area contributed by atoms with Gasteiger partial charge in [-0.15, -0.1) is 35.3 Å². The molecule has 0 saturated carbocycles. The van der Waals surface area contributed by atoms with E-state index in [-0.39, 0.29) is 36.0 Å². The van der Waals surface area contributed by atoms with E-state index in [0.29, 0.717) is 23.1 Å². The highest BCUT2D eigenvalue weighted by molar-refractivity contribution is 14.0. The molecular formula is C20H36IN5O3S. The Bertz CT molecular complexity index is 679. The summed E-state index contributed by atoms with van der Waals surface area (Å²) in [5, 5.41) is 7.55. The SMILES string of the molecule is CCNC(=NCC(C)CN1CCOCC1)NC(C)c1nc(C)c(C(=O)OCC)s1.I. The molecular weight excluding hydrogens is 517 g/mol. The smallest absolute Gasteiger partial charge is 0.350 e. The zero-order valence-electron chi connectivity index (χ0n) is 18.7. The molecule has 0 radical (unpaired) electrons. The summed E-state index contributed by atoms with van der Waals surface area (Å²) in [5.74, 6) is 0.911. The van der Waals surface area contributed by atoms with Crippen LogP contribution in [0.5, 0.6) is 0 Å². The topological polar surface area (TPSA) is 88.1 Å². The summed E-state index contributed by atoms with van der Waals surface area (Å²) < 4.78 is 10.5. The van der Waals surface area contributed by atoms with E-state index in [1.165, 1.54) is 11.3 Å². The number of nitrogens with one attached hydrogen (secondary N) is 2. The van der Waals surface area contributed by atoms with Crippen LogP contribution >= 0.6 is 35.3 Å². The van der Waals surface area contributed by atoms with Crippen LogP contribution in [0.15, 0.2) is 4.99 Å². The molecule has 1 aromatic rings. The van der Waals surface area contributed by atoms with Crippen molar-refractivity contribution in [3.05, 3.63) is 15.6 Å². The maximum Gasteiger partial charge on any atom is 0.350 e. The van der Waals surface area contributed by atoms with Gasteiger partial charge in [-0.1, -0.05) is 6.92 Å². The van der Waals surface area contributed by atoms with E-state index in [0.717, 1.165) is 56.9 Å². The van der Waals surface area contributed by atoms with Crippen molar-refractivity contribution in [1.82, 2.24) is 20.5 Å². The number of aryl methyl sites for hydroxylation is 1. The third-order valence-electron chi connectivity index (χ3n) is 4.58. The fourth-order valence-electron chi connectivity index (χ4n) is 3.10. The molecule has 2 rings (SSSR count). The summed E-state index contributed by atoms with van der Waals surface area (Å²) in [7, 11) is 0. The molecule has 0 bridgehead atoms. The molecule has 2 atom stereocenters. The van der Waals surface area contributed by atoms with Crippen molar-refractivity contribution in [2.75, 3.05) is 52.5 Å². The predicted octanol–water partition coefficient (Wildman–Crippen LogP) is 2.83. The van der Waals surface area contributed by atoms with Crippen molar-refractivity contribution >= 4 is 47.2 Å². The van der Waals surface area contributed by atoms with Crippen LogP contribution in [0.3, 0.4) is 0 Å². The van der Waals surface area contributed by atoms with Crippen LogP contribution in [0.1, 0.15) is 54.1 Å². The molecule has 2 unspecified atom stereocenters. The highest BCUT2D eigenvalue weighted by Crippen LogP contribution is 2.24. The maximum absolute atomic E-state index is 12.0. The lowest BCUT2D eigenvalue weighted by molar-refractivity contribution is 0.0323. The van der Waals surface area contributed by atoms with Crippen LogP contribution in [0.4, 0.5) is 0 Å². The molecule has 1 fully saturated rings. The quantitative estimate of drug-likeness (QED) is 0.211. The molecule has 172 valence electrons. The normalized spacial score (nSPS) is 17.0. The van der Waals surface area contributed by atoms with Gasteiger partial charge in [0.05, 0.1) is 31.6 Å². The first-order chi connectivity index (χ1) is 13.9. The minimum absolute atomic E-state index is 0. The van der Waals surface area contributed by atoms with Crippen LogP contribution < -0.4 is 10.6 Å². The summed E-state index contributed by atoms with van der Waals surface area (Å²) >= 11 is 1.37. The van der Waals surface area contributed by atoms with Crippen molar-refractivity contribution in [1.29, 1.82) is 0 Å². The lowest BCUT2D eigenvalue weighted by atomic mass is 10.1. The summed E-state index contributed by atoms with van der Waals surface area (Å²) in [6, 6.07) is -0.0609. The molecule has 0 aromatic carbocycles. The van der Waals surface area contributed by atoms with Crippen LogP contribution in [-0.2, 0) is 9.47 Å². The first-order valence-corrected chi connectivity index (χ1v) is 11.3. The van der Waals surface area contributed by atoms with E-state index >= 15 is 0 Å². The van der Waals surface area contributed by atoms with Gasteiger partial charge in [0.25, 0.3) is 0 Å². The second kappa shape index (κ2) is 14.2. The highest BCUT2D eigenvalue weighted by atomic mass is 127. The number of guanidine groups is 1. The Labute approximate surface area is 201 Å². The minimum atomic E-state index is -0.307. The standard InChI is InChI=1S/C20H35N5O3S.HI/c1-6-21-20(22-12-14(3)13-25-8-10-27-11-9-25)24-16(5)18-23-15(4)17(29-18)19(26)28-7-2;/h14,16H,6-13H2,1-5H3,(H2,21,22,24);1H. The summed E-state index contributed by atoms with van der Waals surface area (Å²) in [4.78, 5) is 24.4. The number of hydrogen-bond acceptors (Lipinski definition) is 7. The average molecular weight is 554 g/mol. The Morgan fingerprint density at radius 2 is 2.03 bits per heavy atom. The van der Waals surface area contributed by atoms with Crippen LogP contribution in [0, 0.1) is 12.8 Å². The van der Waals surface area contributed by atoms with Gasteiger partial charge in [0.1, 0.15) is 9.88 Å². The molecule has 8 nitrogen and oxygen atoms in total. The van der Waals surface area contributed by atoms with Gasteiger partial charge >= 0.3 is 5.97 Å². The second-order valence-electron chi connectivity index (χ2n) is 7.29. The molecule has 30 heavy (non-hydrogen) atoms. The number of morpholine rings is 1. The average Bonchev–Trinajstić information content (AvgIpc) is 3.09. The highest BCUT2D eigenvalue weighted by Gasteiger charge is 2.20. The number of carbonyl (C=O) groups is 1. The van der Waals surface area contributed by atoms with Gasteiger partial charge in [0, 0.05) is 32.7 Å². The van der Waals surface area contributed by atoms with Gasteiger partial charge in [-0.05, 0) is 33.6 Å². The van der Waals surface area contributed by atoms with Gasteiger partial charge in [-0.25, -0.2) is 9.78 Å². The number of rotatable bonds is 9. The van der Waals surface area contributed by atoms with Gasteiger partial charge in [0.2, 0.25) is 0 Å². The lowest BCUT2D eigenvalue weighted by Crippen LogP contribution is -2.41. The van der Waals surface area contributed by atoms with Gasteiger partial charge in [-0.2, -0.15) is 0 Å². The number of aromatic nitrogens is 1. The van der Waals surface area contributed by atoms with Crippen LogP contribution in [0.25, 0.3) is 0 Å². The van der Waals surface area contributed by atoms with Crippen molar-refractivity contribution in [3.8, 4) is 0 Å². The van der Waals surface area contributed by atoms with Crippen LogP contribution in [0.2, 0.25) is 0 Å². The number of thiazole rings is 1. The number of nitrogens with zero attached hydrogens (tertiary/aromatic N) is 3. The Hall–Kier alpha value is -0.980. The van der Waals surface area contributed by atoms with Gasteiger partial charge in [0.15, 0.2) is 5.96 Å². The first-order valence-electron chi connectivity index (χ1n) is 10.4. The number of ether oxygens (including phenoxy) is 2. The fraction of sp³-hybridized carbons (Fsp3) is 0.750. The van der Waals surface area contributed by atoms with E-state index in [9.17, 15) is 4.79 Å². The molecule has 1 aromatic heterocycles. The zero-order chi connectivity index (χ0) is 21.2. The molecule has 1 aliphatic heterocycles. The van der Waals surface area contributed by atoms with Crippen molar-refractivity contribution < 1.29 is 14.3 Å². The molecule has 2 N–H and O–H groups in total. The number of esters is 1. The Kier molecular flexibility index (Phi) is 12.8. The minimum Gasteiger partial charge on any atom is -0.462 e. The summed E-state index contributed by atoms with van der Waals surface area (Å²) in [6.07, 6.45) is 0. The molecule has 0 amide bonds. The second-order valence-corrected chi connectivity index (χ2v) is 8.32. The van der Waals surface area contributed by atoms with E-state index < -0.39 is 0 Å². The van der Waals surface area contributed by atoms with Gasteiger partial charge in [-0.3, -0.25) is 9.89 Å². The predicted molar refractivity (Wildman–Crippen MR) is 132 cm³/mol. The monoisotopic (exact) mass is 553 g/mol. The summed E-state index contributed by atoms with van der Waals surface area (Å²) in [5.41, 5.74) is 0.707. The van der Waals surface area contributed by atoms with Gasteiger partial charge < -0.3 is 20.1 Å². The number of carbonyl (C=O) groups excluding carboxylic acids is 1. The largest absolute Gasteiger partial charge is 0.462 e. The fourth-order valence-corrected chi connectivity index (χ4v) is 4.07. The van der Waals surface area contributed by atoms with E-state index in [4.69, 9.17) is 14.5 Å². The summed E-state index contributed by atoms with van der Waals surface area (Å²) in [6.45, 7) is 16.5. The number of aliphatic imine (C=N–C) groups is 1. The third kappa shape index (κ3) is 8.64. The zero-order valence-corrected chi connectivity index (χ0v) is 21.8. The number of hydrogen-bond donors (Lipinski definition) is 2. The Morgan fingerprint density at radius 1 is 1.33 bits per heavy atom. The van der Waals surface area contributed by atoms with E-state index in [2.05, 4.69) is 27.4 Å². The van der Waals surface area contributed by atoms with Crippen molar-refractivity contribution in [2.24, 2.45) is 10.9 Å². The molecule has 10 heteroatoms. The molecule has 0 aliphatic carbocycles. The Morgan fingerprint density at radius 3 is 2.67 bits per heavy atom. The van der Waals surface area contributed by atoms with E-state index in [1.54, 1.807) is 6.92 Å². The molecule has 2 heterocycles. The molecule has 1 aliphatic rings. The molecule has 1 saturated heterocycles. The van der Waals surface area contributed by atoms with Crippen molar-refractivity contribution in [3.63, 3.8) is 0 Å². The Balaban J connectivity index is 0.00000450. The third-order valence-corrected chi connectivity index (χ3v) is 5.90. The van der Waals surface area contributed by atoms with Crippen LogP contribution in [-0.4, -0.2) is 74.4 Å². The van der Waals surface area contributed by atoms with Crippen molar-refractivity contribution in [2.45, 2.75) is 40.7 Å². The first kappa shape index (κ1) is 27.1.